The summed E-state index contributed by atoms with van der Waals surface area (Å²) in [5.41, 5.74) is 2.31. The Kier molecular flexibility index (Phi) is 5.19. The molecule has 0 bridgehead atoms. The second kappa shape index (κ2) is 7.53. The van der Waals surface area contributed by atoms with Crippen molar-refractivity contribution >= 4 is 33.6 Å². The van der Waals surface area contributed by atoms with Gasteiger partial charge in [0, 0.05) is 0 Å². The molecule has 0 aliphatic rings. The first-order chi connectivity index (χ1) is 12.1. The minimum Gasteiger partial charge on any atom is -0.494 e. The van der Waals surface area contributed by atoms with Gasteiger partial charge in [0.05, 0.1) is 22.5 Å². The van der Waals surface area contributed by atoms with E-state index in [9.17, 15) is 4.79 Å². The summed E-state index contributed by atoms with van der Waals surface area (Å²) in [6, 6.07) is 13.1. The molecular weight excluding hydrogens is 336 g/mol. The number of halogens is 1. The fourth-order valence-electron chi connectivity index (χ4n) is 2.51. The van der Waals surface area contributed by atoms with Crippen LogP contribution in [0.3, 0.4) is 0 Å². The van der Waals surface area contributed by atoms with Gasteiger partial charge in [0.2, 0.25) is 0 Å². The maximum atomic E-state index is 12.3. The summed E-state index contributed by atoms with van der Waals surface area (Å²) in [6.07, 6.45) is 2.74. The Bertz CT molecular complexity index is 975. The summed E-state index contributed by atoms with van der Waals surface area (Å²) in [7, 11) is 0. The third-order valence-electron chi connectivity index (χ3n) is 3.81. The number of benzene rings is 2. The summed E-state index contributed by atoms with van der Waals surface area (Å²) in [6.45, 7) is 4.68. The van der Waals surface area contributed by atoms with Crippen LogP contribution in [0.25, 0.3) is 22.0 Å². The summed E-state index contributed by atoms with van der Waals surface area (Å²) < 4.78 is 5.56. The topological polar surface area (TPSA) is 55.0 Å². The van der Waals surface area contributed by atoms with Crippen molar-refractivity contribution in [3.8, 4) is 5.75 Å². The van der Waals surface area contributed by atoms with Crippen LogP contribution >= 0.6 is 11.6 Å². The molecule has 0 aliphatic carbocycles. The molecule has 0 aliphatic heterocycles. The third kappa shape index (κ3) is 3.91. The van der Waals surface area contributed by atoms with Crippen molar-refractivity contribution in [1.29, 1.82) is 0 Å². The third-order valence-corrected chi connectivity index (χ3v) is 4.10. The highest BCUT2D eigenvalue weighted by Crippen LogP contribution is 2.22. The van der Waals surface area contributed by atoms with Gasteiger partial charge in [-0.25, -0.2) is 4.98 Å². The van der Waals surface area contributed by atoms with E-state index in [0.717, 1.165) is 23.3 Å². The van der Waals surface area contributed by atoms with E-state index in [2.05, 4.69) is 16.9 Å². The van der Waals surface area contributed by atoms with Crippen molar-refractivity contribution < 1.29 is 4.74 Å². The van der Waals surface area contributed by atoms with Gasteiger partial charge in [-0.3, -0.25) is 4.79 Å². The summed E-state index contributed by atoms with van der Waals surface area (Å²) in [5, 5.41) is 0.940. The van der Waals surface area contributed by atoms with Crippen LogP contribution in [0.1, 0.15) is 30.3 Å². The van der Waals surface area contributed by atoms with Crippen LogP contribution < -0.4 is 10.3 Å². The number of fused-ring (bicyclic) bond motifs is 1. The Morgan fingerprint density at radius 1 is 1.24 bits per heavy atom. The normalized spacial score (nSPS) is 11.7. The maximum Gasteiger partial charge on any atom is 0.259 e. The molecule has 1 aromatic heterocycles. The van der Waals surface area contributed by atoms with Crippen LogP contribution in [-0.4, -0.2) is 16.6 Å². The van der Waals surface area contributed by atoms with Crippen LogP contribution in [0.15, 0.2) is 47.3 Å². The van der Waals surface area contributed by atoms with Gasteiger partial charge in [-0.05, 0) is 48.7 Å². The van der Waals surface area contributed by atoms with Crippen molar-refractivity contribution in [1.82, 2.24) is 9.97 Å². The number of aryl methyl sites for hydroxylation is 1. The lowest BCUT2D eigenvalue weighted by molar-refractivity contribution is 0.317. The summed E-state index contributed by atoms with van der Waals surface area (Å²) in [5.74, 6) is 1.18. The van der Waals surface area contributed by atoms with Crippen molar-refractivity contribution in [3.05, 3.63) is 69.8 Å². The van der Waals surface area contributed by atoms with E-state index in [1.807, 2.05) is 43.3 Å². The van der Waals surface area contributed by atoms with E-state index < -0.39 is 0 Å². The molecule has 0 spiro atoms. The molecule has 0 amide bonds. The first-order valence-electron chi connectivity index (χ1n) is 8.18. The summed E-state index contributed by atoms with van der Waals surface area (Å²) >= 11 is 6.39. The average molecular weight is 355 g/mol. The van der Waals surface area contributed by atoms with Gasteiger partial charge in [0.1, 0.15) is 5.75 Å². The first-order valence-corrected chi connectivity index (χ1v) is 8.56. The molecule has 0 saturated carbocycles. The number of nitrogens with zero attached hydrogens (tertiary/aromatic N) is 1. The fraction of sp³-hybridized carbons (Fsp3) is 0.200. The smallest absolute Gasteiger partial charge is 0.259 e. The molecule has 3 rings (SSSR count). The summed E-state index contributed by atoms with van der Waals surface area (Å²) in [4.78, 5) is 19.5. The number of hydrogen-bond donors (Lipinski definition) is 1. The molecule has 1 heterocycles. The van der Waals surface area contributed by atoms with Crippen LogP contribution in [-0.2, 0) is 0 Å². The lowest BCUT2D eigenvalue weighted by atomic mass is 10.1. The van der Waals surface area contributed by atoms with E-state index in [4.69, 9.17) is 16.3 Å². The van der Waals surface area contributed by atoms with E-state index in [1.165, 1.54) is 0 Å². The quantitative estimate of drug-likeness (QED) is 0.718. The Morgan fingerprint density at radius 2 is 2.00 bits per heavy atom. The van der Waals surface area contributed by atoms with Crippen LogP contribution in [0, 0.1) is 6.92 Å². The Labute approximate surface area is 151 Å². The number of aromatic amines is 1. The van der Waals surface area contributed by atoms with Gasteiger partial charge < -0.3 is 9.72 Å². The number of rotatable bonds is 5. The second-order valence-electron chi connectivity index (χ2n) is 5.80. The average Bonchev–Trinajstić information content (AvgIpc) is 2.62. The molecule has 0 unspecified atom stereocenters. The SMILES string of the molecule is CCCOc1ccc(/C=C(\Cl)c2nc3c(C)cccc3c(=O)[nH]2)cc1. The molecule has 2 aromatic carbocycles. The highest BCUT2D eigenvalue weighted by molar-refractivity contribution is 6.50. The second-order valence-corrected chi connectivity index (χ2v) is 6.20. The zero-order valence-electron chi connectivity index (χ0n) is 14.2. The van der Waals surface area contributed by atoms with Crippen LogP contribution in [0.2, 0.25) is 0 Å². The molecule has 0 saturated heterocycles. The van der Waals surface area contributed by atoms with Crippen LogP contribution in [0.5, 0.6) is 5.75 Å². The minimum atomic E-state index is -0.196. The molecule has 3 aromatic rings. The van der Waals surface area contributed by atoms with Gasteiger partial charge in [-0.15, -0.1) is 0 Å². The molecule has 4 nitrogen and oxygen atoms in total. The lowest BCUT2D eigenvalue weighted by Gasteiger charge is -2.06. The number of aromatic nitrogens is 2. The predicted molar refractivity (Wildman–Crippen MR) is 103 cm³/mol. The van der Waals surface area contributed by atoms with E-state index in [-0.39, 0.29) is 5.56 Å². The molecule has 1 N–H and O–H groups in total. The number of para-hydroxylation sites is 1. The van der Waals surface area contributed by atoms with Gasteiger partial charge >= 0.3 is 0 Å². The number of ether oxygens (including phenoxy) is 1. The largest absolute Gasteiger partial charge is 0.494 e. The first kappa shape index (κ1) is 17.2. The number of nitrogens with one attached hydrogen (secondary N) is 1. The standard InChI is InChI=1S/C20H19ClN2O2/c1-3-11-25-15-9-7-14(8-10-15)12-17(21)19-22-18-13(2)5-4-6-16(18)20(24)23-19/h4-10,12H,3,11H2,1-2H3,(H,22,23,24)/b17-12-. The molecule has 0 atom stereocenters. The van der Waals surface area contributed by atoms with E-state index >= 15 is 0 Å². The predicted octanol–water partition coefficient (Wildman–Crippen LogP) is 4.76. The Balaban J connectivity index is 1.93. The highest BCUT2D eigenvalue weighted by atomic mass is 35.5. The van der Waals surface area contributed by atoms with E-state index in [0.29, 0.717) is 28.4 Å². The molecule has 5 heteroatoms. The lowest BCUT2D eigenvalue weighted by Crippen LogP contribution is -2.11. The number of hydrogen-bond acceptors (Lipinski definition) is 3. The van der Waals surface area contributed by atoms with Gasteiger partial charge in [0.25, 0.3) is 5.56 Å². The maximum absolute atomic E-state index is 12.3. The highest BCUT2D eigenvalue weighted by Gasteiger charge is 2.08. The zero-order chi connectivity index (χ0) is 17.8. The van der Waals surface area contributed by atoms with Gasteiger partial charge in [0.15, 0.2) is 5.82 Å². The molecule has 25 heavy (non-hydrogen) atoms. The van der Waals surface area contributed by atoms with Crippen molar-refractivity contribution in [2.75, 3.05) is 6.61 Å². The number of H-pyrrole nitrogens is 1. The van der Waals surface area contributed by atoms with Gasteiger partial charge in [-0.2, -0.15) is 0 Å². The van der Waals surface area contributed by atoms with Crippen molar-refractivity contribution in [2.24, 2.45) is 0 Å². The van der Waals surface area contributed by atoms with Gasteiger partial charge in [-0.1, -0.05) is 42.8 Å². The Hall–Kier alpha value is -2.59. The molecular formula is C20H19ClN2O2. The van der Waals surface area contributed by atoms with Crippen molar-refractivity contribution in [2.45, 2.75) is 20.3 Å². The zero-order valence-corrected chi connectivity index (χ0v) is 14.9. The molecule has 128 valence electrons. The molecule has 0 radical (unpaired) electrons. The monoisotopic (exact) mass is 354 g/mol. The fourth-order valence-corrected chi connectivity index (χ4v) is 2.73. The molecule has 0 fully saturated rings. The Morgan fingerprint density at radius 3 is 2.72 bits per heavy atom. The van der Waals surface area contributed by atoms with Crippen LogP contribution in [0.4, 0.5) is 0 Å². The van der Waals surface area contributed by atoms with E-state index in [1.54, 1.807) is 12.1 Å². The minimum absolute atomic E-state index is 0.196. The van der Waals surface area contributed by atoms with Crippen molar-refractivity contribution in [3.63, 3.8) is 0 Å².